The van der Waals surface area contributed by atoms with Crippen LogP contribution in [0.4, 0.5) is 29.3 Å². The van der Waals surface area contributed by atoms with Crippen molar-refractivity contribution >= 4 is 17.4 Å². The third-order valence-electron chi connectivity index (χ3n) is 7.32. The number of rotatable bonds is 10. The summed E-state index contributed by atoms with van der Waals surface area (Å²) in [5.41, 5.74) is 4.96. The molecule has 0 bridgehead atoms. The summed E-state index contributed by atoms with van der Waals surface area (Å²) in [7, 11) is 0. The summed E-state index contributed by atoms with van der Waals surface area (Å²) in [4.78, 5) is 20.0. The SMILES string of the molecule is CCCCCC(Cc1cccc(OC(F)(F)F)c1)c1cc(N2C(=O)Nc3ccccc3C2c2ccccc2)ccn1. The van der Waals surface area contributed by atoms with E-state index in [4.69, 9.17) is 0 Å². The summed E-state index contributed by atoms with van der Waals surface area (Å²) in [6.07, 6.45) is 1.29. The molecule has 3 aromatic carbocycles. The fourth-order valence-electron chi connectivity index (χ4n) is 5.47. The number of carbonyl (C=O) groups excluding carboxylic acids is 1. The van der Waals surface area contributed by atoms with Crippen LogP contribution in [0.15, 0.2) is 97.2 Å². The Bertz CT molecular complexity index is 1480. The summed E-state index contributed by atoms with van der Waals surface area (Å²) >= 11 is 0. The molecule has 0 saturated carbocycles. The predicted octanol–water partition coefficient (Wildman–Crippen LogP) is 9.03. The number of alkyl halides is 3. The third-order valence-corrected chi connectivity index (χ3v) is 7.32. The number of anilines is 2. The number of fused-ring (bicyclic) bond motifs is 1. The molecular weight excluding hydrogens is 527 g/mol. The fourth-order valence-corrected chi connectivity index (χ4v) is 5.47. The standard InChI is InChI=1S/C33H32F3N3O2/c1-2-3-5-14-25(20-23-11-10-15-27(21-23)41-33(34,35)36)30-22-26(18-19-37-30)39-31(24-12-6-4-7-13-24)28-16-8-9-17-29(28)38-32(39)40/h4,6-13,15-19,21-22,25,31H,2-3,5,14,20H2,1H3,(H,38,40). The number of amides is 2. The van der Waals surface area contributed by atoms with E-state index in [2.05, 4.69) is 22.0 Å². The lowest BCUT2D eigenvalue weighted by atomic mass is 9.89. The number of benzene rings is 3. The molecule has 212 valence electrons. The van der Waals surface area contributed by atoms with Crippen molar-refractivity contribution < 1.29 is 22.7 Å². The van der Waals surface area contributed by atoms with Crippen LogP contribution in [0.25, 0.3) is 0 Å². The number of para-hydroxylation sites is 1. The van der Waals surface area contributed by atoms with Gasteiger partial charge in [0.05, 0.1) is 6.04 Å². The minimum absolute atomic E-state index is 0.0575. The van der Waals surface area contributed by atoms with Crippen LogP contribution in [0, 0.1) is 0 Å². The van der Waals surface area contributed by atoms with Crippen LogP contribution in [-0.2, 0) is 6.42 Å². The van der Waals surface area contributed by atoms with Gasteiger partial charge >= 0.3 is 12.4 Å². The lowest BCUT2D eigenvalue weighted by Crippen LogP contribution is -2.43. The molecule has 1 aromatic heterocycles. The topological polar surface area (TPSA) is 54.5 Å². The van der Waals surface area contributed by atoms with Crippen LogP contribution in [0.3, 0.4) is 0 Å². The van der Waals surface area contributed by atoms with Gasteiger partial charge in [-0.1, -0.05) is 86.8 Å². The maximum Gasteiger partial charge on any atom is 0.573 e. The van der Waals surface area contributed by atoms with Crippen LogP contribution in [0.1, 0.15) is 67.0 Å². The van der Waals surface area contributed by atoms with Gasteiger partial charge < -0.3 is 10.1 Å². The van der Waals surface area contributed by atoms with Crippen molar-refractivity contribution in [2.75, 3.05) is 10.2 Å². The predicted molar refractivity (Wildman–Crippen MR) is 154 cm³/mol. The lowest BCUT2D eigenvalue weighted by Gasteiger charge is -2.38. The first-order valence-electron chi connectivity index (χ1n) is 13.9. The van der Waals surface area contributed by atoms with Gasteiger partial charge in [0, 0.05) is 34.7 Å². The second-order valence-electron chi connectivity index (χ2n) is 10.2. The average molecular weight is 560 g/mol. The lowest BCUT2D eigenvalue weighted by molar-refractivity contribution is -0.274. The molecule has 0 aliphatic carbocycles. The van der Waals surface area contributed by atoms with Gasteiger partial charge in [0.2, 0.25) is 0 Å². The minimum Gasteiger partial charge on any atom is -0.406 e. The maximum atomic E-state index is 13.6. The zero-order chi connectivity index (χ0) is 28.8. The highest BCUT2D eigenvalue weighted by molar-refractivity contribution is 6.05. The molecule has 2 unspecified atom stereocenters. The molecule has 4 aromatic rings. The maximum absolute atomic E-state index is 13.6. The summed E-state index contributed by atoms with van der Waals surface area (Å²) in [6.45, 7) is 2.13. The quantitative estimate of drug-likeness (QED) is 0.197. The molecule has 1 aliphatic heterocycles. The summed E-state index contributed by atoms with van der Waals surface area (Å²) in [6, 6.07) is 27.0. The Balaban J connectivity index is 1.50. The van der Waals surface area contributed by atoms with Crippen molar-refractivity contribution in [3.8, 4) is 5.75 Å². The summed E-state index contributed by atoms with van der Waals surface area (Å²) in [5, 5.41) is 3.02. The van der Waals surface area contributed by atoms with E-state index < -0.39 is 6.36 Å². The molecule has 2 atom stereocenters. The fraction of sp³-hybridized carbons (Fsp3) is 0.273. The van der Waals surface area contributed by atoms with Crippen molar-refractivity contribution in [1.29, 1.82) is 0 Å². The van der Waals surface area contributed by atoms with Crippen molar-refractivity contribution in [3.05, 3.63) is 120 Å². The van der Waals surface area contributed by atoms with E-state index in [1.165, 1.54) is 12.1 Å². The van der Waals surface area contributed by atoms with Crippen LogP contribution >= 0.6 is 0 Å². The normalized spacial score (nSPS) is 15.7. The van der Waals surface area contributed by atoms with Crippen LogP contribution in [0.2, 0.25) is 0 Å². The largest absolute Gasteiger partial charge is 0.573 e. The number of urea groups is 1. The number of aromatic nitrogens is 1. The zero-order valence-corrected chi connectivity index (χ0v) is 22.8. The van der Waals surface area contributed by atoms with E-state index in [0.717, 1.165) is 53.8 Å². The highest BCUT2D eigenvalue weighted by Crippen LogP contribution is 2.41. The Kier molecular flexibility index (Phi) is 8.57. The monoisotopic (exact) mass is 559 g/mol. The van der Waals surface area contributed by atoms with Crippen molar-refractivity contribution in [3.63, 3.8) is 0 Å². The first kappa shape index (κ1) is 28.2. The number of nitrogens with one attached hydrogen (secondary N) is 1. The number of halogens is 3. The van der Waals surface area contributed by atoms with E-state index in [-0.39, 0.29) is 23.7 Å². The van der Waals surface area contributed by atoms with Crippen LogP contribution < -0.4 is 15.0 Å². The van der Waals surface area contributed by atoms with E-state index in [0.29, 0.717) is 12.1 Å². The molecule has 0 radical (unpaired) electrons. The number of ether oxygens (including phenoxy) is 1. The van der Waals surface area contributed by atoms with Gasteiger partial charge in [0.15, 0.2) is 0 Å². The molecule has 5 nitrogen and oxygen atoms in total. The van der Waals surface area contributed by atoms with Crippen LogP contribution in [0.5, 0.6) is 5.75 Å². The Morgan fingerprint density at radius 3 is 2.51 bits per heavy atom. The molecule has 1 aliphatic rings. The molecular formula is C33H32F3N3O2. The Hall–Kier alpha value is -4.33. The Labute approximate surface area is 238 Å². The third kappa shape index (κ3) is 6.88. The first-order valence-corrected chi connectivity index (χ1v) is 13.9. The number of pyridine rings is 1. The molecule has 5 rings (SSSR count). The van der Waals surface area contributed by atoms with Gasteiger partial charge in [-0.25, -0.2) is 4.79 Å². The molecule has 8 heteroatoms. The van der Waals surface area contributed by atoms with Gasteiger partial charge in [0.1, 0.15) is 5.75 Å². The molecule has 2 amide bonds. The Morgan fingerprint density at radius 1 is 0.951 bits per heavy atom. The number of unbranched alkanes of at least 4 members (excludes halogenated alkanes) is 2. The average Bonchev–Trinajstić information content (AvgIpc) is 2.96. The summed E-state index contributed by atoms with van der Waals surface area (Å²) < 4.78 is 42.7. The highest BCUT2D eigenvalue weighted by atomic mass is 19.4. The Morgan fingerprint density at radius 2 is 1.73 bits per heavy atom. The van der Waals surface area contributed by atoms with Crippen molar-refractivity contribution in [2.24, 2.45) is 0 Å². The molecule has 2 heterocycles. The van der Waals surface area contributed by atoms with Gasteiger partial charge in [-0.2, -0.15) is 0 Å². The molecule has 0 spiro atoms. The minimum atomic E-state index is -4.75. The second-order valence-corrected chi connectivity index (χ2v) is 10.2. The molecule has 41 heavy (non-hydrogen) atoms. The van der Waals surface area contributed by atoms with Crippen molar-refractivity contribution in [2.45, 2.75) is 57.3 Å². The van der Waals surface area contributed by atoms with Gasteiger partial charge in [-0.05, 0) is 54.3 Å². The van der Waals surface area contributed by atoms with E-state index >= 15 is 0 Å². The zero-order valence-electron chi connectivity index (χ0n) is 22.8. The highest BCUT2D eigenvalue weighted by Gasteiger charge is 2.35. The van der Waals surface area contributed by atoms with Gasteiger partial charge in [-0.3, -0.25) is 9.88 Å². The van der Waals surface area contributed by atoms with E-state index in [1.54, 1.807) is 23.2 Å². The van der Waals surface area contributed by atoms with Crippen LogP contribution in [-0.4, -0.2) is 17.4 Å². The first-order chi connectivity index (χ1) is 19.8. The number of carbonyl (C=O) groups is 1. The number of hydrogen-bond donors (Lipinski definition) is 1. The van der Waals surface area contributed by atoms with E-state index in [1.807, 2.05) is 66.7 Å². The van der Waals surface area contributed by atoms with Gasteiger partial charge in [-0.15, -0.1) is 13.2 Å². The molecule has 0 fully saturated rings. The number of nitrogens with zero attached hydrogens (tertiary/aromatic N) is 2. The second kappa shape index (κ2) is 12.5. The van der Waals surface area contributed by atoms with Gasteiger partial charge in [0.25, 0.3) is 0 Å². The molecule has 0 saturated heterocycles. The smallest absolute Gasteiger partial charge is 0.406 e. The summed E-state index contributed by atoms with van der Waals surface area (Å²) in [5.74, 6) is -0.295. The molecule has 1 N–H and O–H groups in total. The van der Waals surface area contributed by atoms with Crippen molar-refractivity contribution in [1.82, 2.24) is 4.98 Å². The number of hydrogen-bond acceptors (Lipinski definition) is 3. The van der Waals surface area contributed by atoms with E-state index in [9.17, 15) is 18.0 Å².